The number of hydrogen-bond donors (Lipinski definition) is 0. The van der Waals surface area contributed by atoms with Gasteiger partial charge in [0.05, 0.1) is 27.8 Å². The van der Waals surface area contributed by atoms with E-state index in [0.717, 1.165) is 17.7 Å². The van der Waals surface area contributed by atoms with Gasteiger partial charge in [0.15, 0.2) is 4.34 Å². The molecule has 0 atom stereocenters. The van der Waals surface area contributed by atoms with E-state index >= 15 is 0 Å². The maximum Gasteiger partial charge on any atom is 0.316 e. The van der Waals surface area contributed by atoms with E-state index in [0.29, 0.717) is 38.5 Å². The van der Waals surface area contributed by atoms with Gasteiger partial charge in [-0.05, 0) is 51.7 Å². The summed E-state index contributed by atoms with van der Waals surface area (Å²) in [4.78, 5) is 42.5. The molecule has 4 rings (SSSR count). The number of fused-ring (bicyclic) bond motifs is 1. The van der Waals surface area contributed by atoms with Gasteiger partial charge in [-0.1, -0.05) is 11.8 Å². The molecule has 0 N–H and O–H groups in total. The number of carbonyl (C=O) groups excluding carboxylic acids is 3. The maximum absolute atomic E-state index is 14.8. The third-order valence-electron chi connectivity index (χ3n) is 4.75. The second kappa shape index (κ2) is 7.87. The van der Waals surface area contributed by atoms with Crippen LogP contribution in [0.25, 0.3) is 10.2 Å². The normalized spacial score (nSPS) is 16.9. The number of imide groups is 1. The standard InChI is InChI=1S/C20H19FN2O4S2/c1-10(2)27-17(24)9-28-20-22-14-8-15(13(21)7-16(14)29-20)23-18(25)11-5-3-4-6-12(11)19(23)26/h7-8,10H,3-6,9H2,1-2H3. The molecule has 2 aromatic rings. The fourth-order valence-corrected chi connectivity index (χ4v) is 5.38. The molecule has 2 heterocycles. The summed E-state index contributed by atoms with van der Waals surface area (Å²) in [5.74, 6) is -1.74. The number of aromatic nitrogens is 1. The predicted molar refractivity (Wildman–Crippen MR) is 110 cm³/mol. The Labute approximate surface area is 175 Å². The van der Waals surface area contributed by atoms with E-state index in [1.807, 2.05) is 0 Å². The number of amides is 2. The number of thiazole rings is 1. The lowest BCUT2D eigenvalue weighted by atomic mass is 9.93. The van der Waals surface area contributed by atoms with E-state index < -0.39 is 17.6 Å². The van der Waals surface area contributed by atoms with Crippen molar-refractivity contribution in [3.05, 3.63) is 29.1 Å². The molecular weight excluding hydrogens is 415 g/mol. The Morgan fingerprint density at radius 1 is 1.24 bits per heavy atom. The first kappa shape index (κ1) is 20.0. The lowest BCUT2D eigenvalue weighted by Crippen LogP contribution is -2.32. The van der Waals surface area contributed by atoms with Crippen molar-refractivity contribution < 1.29 is 23.5 Å². The van der Waals surface area contributed by atoms with E-state index in [9.17, 15) is 18.8 Å². The van der Waals surface area contributed by atoms with Crippen molar-refractivity contribution in [3.8, 4) is 0 Å². The Morgan fingerprint density at radius 3 is 2.52 bits per heavy atom. The molecule has 0 bridgehead atoms. The molecule has 2 aliphatic rings. The van der Waals surface area contributed by atoms with Crippen LogP contribution in [-0.4, -0.2) is 34.6 Å². The Morgan fingerprint density at radius 2 is 1.90 bits per heavy atom. The second-order valence-corrected chi connectivity index (χ2v) is 9.44. The van der Waals surface area contributed by atoms with Crippen LogP contribution in [0.4, 0.5) is 10.1 Å². The fourth-order valence-electron chi connectivity index (χ4n) is 3.53. The Bertz CT molecular complexity index is 1030. The maximum atomic E-state index is 14.8. The lowest BCUT2D eigenvalue weighted by molar-refractivity contribution is -0.144. The van der Waals surface area contributed by atoms with Crippen molar-refractivity contribution in [2.45, 2.75) is 50.0 Å². The number of hydrogen-bond acceptors (Lipinski definition) is 7. The summed E-state index contributed by atoms with van der Waals surface area (Å²) in [5, 5.41) is 0. The molecule has 9 heteroatoms. The van der Waals surface area contributed by atoms with E-state index in [4.69, 9.17) is 4.74 Å². The summed E-state index contributed by atoms with van der Waals surface area (Å²) >= 11 is 2.46. The van der Waals surface area contributed by atoms with Crippen molar-refractivity contribution in [1.29, 1.82) is 0 Å². The van der Waals surface area contributed by atoms with Crippen molar-refractivity contribution in [2.75, 3.05) is 10.7 Å². The quantitative estimate of drug-likeness (QED) is 0.398. The van der Waals surface area contributed by atoms with Gasteiger partial charge in [0.25, 0.3) is 11.8 Å². The molecule has 1 aliphatic heterocycles. The molecule has 2 amide bonds. The van der Waals surface area contributed by atoms with Gasteiger partial charge in [-0.25, -0.2) is 14.3 Å². The van der Waals surface area contributed by atoms with Gasteiger partial charge >= 0.3 is 5.97 Å². The first-order valence-electron chi connectivity index (χ1n) is 9.38. The lowest BCUT2D eigenvalue weighted by Gasteiger charge is -2.15. The first-order chi connectivity index (χ1) is 13.8. The summed E-state index contributed by atoms with van der Waals surface area (Å²) in [5.41, 5.74) is 1.44. The van der Waals surface area contributed by atoms with E-state index in [1.165, 1.54) is 35.2 Å². The zero-order valence-corrected chi connectivity index (χ0v) is 17.6. The smallest absolute Gasteiger partial charge is 0.316 e. The summed E-state index contributed by atoms with van der Waals surface area (Å²) in [6, 6.07) is 2.72. The van der Waals surface area contributed by atoms with Crippen molar-refractivity contribution in [2.24, 2.45) is 0 Å². The second-order valence-electron chi connectivity index (χ2n) is 7.19. The van der Waals surface area contributed by atoms with Gasteiger partial charge in [0, 0.05) is 11.1 Å². The van der Waals surface area contributed by atoms with Crippen LogP contribution in [-0.2, 0) is 19.1 Å². The number of esters is 1. The number of halogens is 1. The topological polar surface area (TPSA) is 76.6 Å². The molecular formula is C20H19FN2O4S2. The molecule has 0 spiro atoms. The molecule has 0 saturated heterocycles. The molecule has 152 valence electrons. The van der Waals surface area contributed by atoms with Crippen LogP contribution in [0.15, 0.2) is 27.6 Å². The molecule has 1 aromatic carbocycles. The Balaban J connectivity index is 1.59. The molecule has 0 unspecified atom stereocenters. The third kappa shape index (κ3) is 3.81. The summed E-state index contributed by atoms with van der Waals surface area (Å²) in [6.45, 7) is 3.55. The first-order valence-corrected chi connectivity index (χ1v) is 11.2. The molecule has 0 saturated carbocycles. The van der Waals surface area contributed by atoms with Crippen molar-refractivity contribution in [3.63, 3.8) is 0 Å². The number of rotatable bonds is 5. The Hall–Kier alpha value is -2.26. The monoisotopic (exact) mass is 434 g/mol. The van der Waals surface area contributed by atoms with Gasteiger partial charge in [-0.2, -0.15) is 0 Å². The molecule has 6 nitrogen and oxygen atoms in total. The minimum atomic E-state index is -0.640. The number of benzene rings is 1. The zero-order valence-electron chi connectivity index (χ0n) is 16.0. The minimum Gasteiger partial charge on any atom is -0.462 e. The number of thioether (sulfide) groups is 1. The van der Waals surface area contributed by atoms with Crippen LogP contribution < -0.4 is 4.90 Å². The highest BCUT2D eigenvalue weighted by atomic mass is 32.2. The van der Waals surface area contributed by atoms with Gasteiger partial charge < -0.3 is 4.74 Å². The van der Waals surface area contributed by atoms with Gasteiger partial charge in [0.2, 0.25) is 0 Å². The SMILES string of the molecule is CC(C)OC(=O)CSc1nc2cc(N3C(=O)C4=C(CCCC4)C3=O)c(F)cc2s1. The van der Waals surface area contributed by atoms with Crippen LogP contribution in [0.3, 0.4) is 0 Å². The summed E-state index contributed by atoms with van der Waals surface area (Å²) in [6.07, 6.45) is 2.65. The van der Waals surface area contributed by atoms with Crippen molar-refractivity contribution >= 4 is 56.8 Å². The van der Waals surface area contributed by atoms with Crippen LogP contribution in [0, 0.1) is 5.82 Å². The van der Waals surface area contributed by atoms with Gasteiger partial charge in [-0.3, -0.25) is 14.4 Å². The summed E-state index contributed by atoms with van der Waals surface area (Å²) < 4.78 is 21.1. The predicted octanol–water partition coefficient (Wildman–Crippen LogP) is 4.22. The third-order valence-corrected chi connectivity index (χ3v) is 6.88. The Kier molecular flexibility index (Phi) is 5.44. The van der Waals surface area contributed by atoms with Crippen LogP contribution in [0.2, 0.25) is 0 Å². The van der Waals surface area contributed by atoms with Crippen LogP contribution in [0.1, 0.15) is 39.5 Å². The van der Waals surface area contributed by atoms with E-state index in [2.05, 4.69) is 4.98 Å². The number of nitrogens with zero attached hydrogens (tertiary/aromatic N) is 2. The molecule has 29 heavy (non-hydrogen) atoms. The summed E-state index contributed by atoms with van der Waals surface area (Å²) in [7, 11) is 0. The number of anilines is 1. The van der Waals surface area contributed by atoms with E-state index in [1.54, 1.807) is 13.8 Å². The zero-order chi connectivity index (χ0) is 20.7. The largest absolute Gasteiger partial charge is 0.462 e. The molecule has 1 aromatic heterocycles. The highest BCUT2D eigenvalue weighted by molar-refractivity contribution is 8.01. The highest BCUT2D eigenvalue weighted by Crippen LogP contribution is 2.39. The average Bonchev–Trinajstić information content (AvgIpc) is 3.18. The average molecular weight is 435 g/mol. The highest BCUT2D eigenvalue weighted by Gasteiger charge is 2.40. The number of carbonyl (C=O) groups is 3. The fraction of sp³-hybridized carbons (Fsp3) is 0.400. The van der Waals surface area contributed by atoms with Crippen molar-refractivity contribution in [1.82, 2.24) is 4.98 Å². The molecule has 0 radical (unpaired) electrons. The van der Waals surface area contributed by atoms with Gasteiger partial charge in [-0.15, -0.1) is 11.3 Å². The van der Waals surface area contributed by atoms with Crippen LogP contribution >= 0.6 is 23.1 Å². The molecule has 1 aliphatic carbocycles. The molecule has 0 fully saturated rings. The number of ether oxygens (including phenoxy) is 1. The van der Waals surface area contributed by atoms with E-state index in [-0.39, 0.29) is 23.5 Å². The minimum absolute atomic E-state index is 0.0667. The van der Waals surface area contributed by atoms with Crippen LogP contribution in [0.5, 0.6) is 0 Å². The van der Waals surface area contributed by atoms with Gasteiger partial charge in [0.1, 0.15) is 5.82 Å².